The van der Waals surface area contributed by atoms with E-state index in [-0.39, 0.29) is 40.6 Å². The average molecular weight is 492 g/mol. The molecule has 2 aromatic carbocycles. The Kier molecular flexibility index (Phi) is 5.99. The average Bonchev–Trinajstić information content (AvgIpc) is 3.19. The van der Waals surface area contributed by atoms with Gasteiger partial charge in [-0.3, -0.25) is 0 Å². The molecule has 4 rings (SSSR count). The second kappa shape index (κ2) is 8.62. The molecule has 0 spiro atoms. The summed E-state index contributed by atoms with van der Waals surface area (Å²) >= 11 is 0.307. The summed E-state index contributed by atoms with van der Waals surface area (Å²) in [5.41, 5.74) is 0.417. The van der Waals surface area contributed by atoms with Crippen LogP contribution in [-0.4, -0.2) is 36.6 Å². The molecule has 0 aliphatic rings. The van der Waals surface area contributed by atoms with E-state index in [9.17, 15) is 9.59 Å². The van der Waals surface area contributed by atoms with Crippen LogP contribution in [0.25, 0.3) is 19.3 Å². The number of hydrogen-bond acceptors (Lipinski definition) is 2. The van der Waals surface area contributed by atoms with E-state index in [1.807, 2.05) is 43.5 Å². The van der Waals surface area contributed by atoms with Gasteiger partial charge in [-0.2, -0.15) is 0 Å². The third-order valence-electron chi connectivity index (χ3n) is 4.83. The van der Waals surface area contributed by atoms with Gasteiger partial charge in [-0.05, 0) is 0 Å². The quantitative estimate of drug-likeness (QED) is 0.281. The van der Waals surface area contributed by atoms with Crippen molar-refractivity contribution in [2.45, 2.75) is 45.2 Å². The van der Waals surface area contributed by atoms with Crippen molar-refractivity contribution in [1.82, 2.24) is 7.12 Å². The van der Waals surface area contributed by atoms with Crippen molar-refractivity contribution < 1.29 is 0 Å². The predicted octanol–water partition coefficient (Wildman–Crippen LogP) is 3.08. The molecule has 140 valence electrons. The van der Waals surface area contributed by atoms with Gasteiger partial charge in [0.1, 0.15) is 0 Å². The maximum absolute atomic E-state index is 12.3. The molecule has 4 nitrogen and oxygen atoms in total. The zero-order valence-corrected chi connectivity index (χ0v) is 18.5. The van der Waals surface area contributed by atoms with Crippen LogP contribution in [0, 0.1) is 0 Å². The van der Waals surface area contributed by atoms with Gasteiger partial charge in [0.2, 0.25) is 0 Å². The molecule has 0 aliphatic carbocycles. The molecule has 0 fully saturated rings. The van der Waals surface area contributed by atoms with Crippen LogP contribution < -0.4 is 11.1 Å². The van der Waals surface area contributed by atoms with Crippen molar-refractivity contribution in [3.05, 3.63) is 69.2 Å². The molecular formula is C21H22N2O2Se2. The standard InChI is InChI=1S/C21H22N2O2Se2/c24-20-16-10-4-6-12-18(16)26-22(20)14-8-2-1-3-9-15-23-21(25)17-11-5-7-13-19(17)27-23/h4-7,10-13H,1-3,8-9,14-15H2. The van der Waals surface area contributed by atoms with Gasteiger partial charge in [-0.1, -0.05) is 0 Å². The summed E-state index contributed by atoms with van der Waals surface area (Å²) in [6, 6.07) is 16.0. The summed E-state index contributed by atoms with van der Waals surface area (Å²) in [6.45, 7) is 1.74. The van der Waals surface area contributed by atoms with Gasteiger partial charge in [-0.15, -0.1) is 0 Å². The molecular weight excluding hydrogens is 470 g/mol. The fourth-order valence-corrected chi connectivity index (χ4v) is 7.70. The van der Waals surface area contributed by atoms with Gasteiger partial charge < -0.3 is 0 Å². The van der Waals surface area contributed by atoms with E-state index < -0.39 is 0 Å². The Morgan fingerprint density at radius 1 is 0.593 bits per heavy atom. The van der Waals surface area contributed by atoms with Gasteiger partial charge in [0, 0.05) is 0 Å². The van der Waals surface area contributed by atoms with Crippen LogP contribution >= 0.6 is 0 Å². The molecule has 0 saturated heterocycles. The first-order chi connectivity index (χ1) is 13.2. The van der Waals surface area contributed by atoms with Crippen molar-refractivity contribution in [3.63, 3.8) is 0 Å². The fraction of sp³-hybridized carbons (Fsp3) is 0.333. The van der Waals surface area contributed by atoms with Gasteiger partial charge >= 0.3 is 170 Å². The summed E-state index contributed by atoms with van der Waals surface area (Å²) in [5, 5.41) is 1.80. The molecule has 0 N–H and O–H groups in total. The van der Waals surface area contributed by atoms with Gasteiger partial charge in [0.25, 0.3) is 0 Å². The predicted molar refractivity (Wildman–Crippen MR) is 113 cm³/mol. The zero-order valence-electron chi connectivity index (χ0n) is 15.1. The first-order valence-corrected chi connectivity index (χ1v) is 12.7. The maximum atomic E-state index is 12.3. The van der Waals surface area contributed by atoms with Crippen LogP contribution in [0.3, 0.4) is 0 Å². The summed E-state index contributed by atoms with van der Waals surface area (Å²) < 4.78 is 6.49. The number of nitrogens with zero attached hydrogens (tertiary/aromatic N) is 2. The first-order valence-electron chi connectivity index (χ1n) is 9.42. The number of hydrogen-bond donors (Lipinski definition) is 0. The van der Waals surface area contributed by atoms with Gasteiger partial charge in [0.05, 0.1) is 0 Å². The minimum absolute atomic E-state index is 0.154. The summed E-state index contributed by atoms with van der Waals surface area (Å²) in [7, 11) is 0. The van der Waals surface area contributed by atoms with Gasteiger partial charge in [-0.25, -0.2) is 0 Å². The Morgan fingerprint density at radius 2 is 1.00 bits per heavy atom. The Bertz CT molecular complexity index is 1070. The zero-order chi connectivity index (χ0) is 18.6. The van der Waals surface area contributed by atoms with Crippen LogP contribution in [0.5, 0.6) is 0 Å². The van der Waals surface area contributed by atoms with Crippen molar-refractivity contribution in [2.24, 2.45) is 0 Å². The Morgan fingerprint density at radius 3 is 1.44 bits per heavy atom. The molecule has 2 heterocycles. The summed E-state index contributed by atoms with van der Waals surface area (Å²) in [5.74, 6) is 0. The van der Waals surface area contributed by atoms with Crippen LogP contribution in [0.4, 0.5) is 0 Å². The van der Waals surface area contributed by atoms with Crippen LogP contribution in [0.1, 0.15) is 32.1 Å². The number of benzene rings is 2. The second-order valence-corrected chi connectivity index (χ2v) is 11.2. The molecule has 0 unspecified atom stereocenters. The van der Waals surface area contributed by atoms with E-state index >= 15 is 0 Å². The first kappa shape index (κ1) is 18.8. The van der Waals surface area contributed by atoms with Crippen LogP contribution in [-0.2, 0) is 13.1 Å². The van der Waals surface area contributed by atoms with Crippen molar-refractivity contribution in [2.75, 3.05) is 0 Å². The molecule has 2 aromatic heterocycles. The third kappa shape index (κ3) is 4.14. The Hall–Kier alpha value is -1.58. The molecule has 0 amide bonds. The molecule has 0 atom stereocenters. The molecule has 4 aromatic rings. The molecule has 6 heteroatoms. The molecule has 0 saturated carbocycles. The molecule has 0 bridgehead atoms. The summed E-state index contributed by atoms with van der Waals surface area (Å²) in [4.78, 5) is 24.7. The monoisotopic (exact) mass is 494 g/mol. The van der Waals surface area contributed by atoms with Crippen molar-refractivity contribution in [3.8, 4) is 0 Å². The van der Waals surface area contributed by atoms with E-state index in [1.54, 1.807) is 0 Å². The normalized spacial score (nSPS) is 11.6. The van der Waals surface area contributed by atoms with E-state index in [4.69, 9.17) is 0 Å². The van der Waals surface area contributed by atoms with E-state index in [2.05, 4.69) is 12.1 Å². The number of unbranched alkanes of at least 4 members (excludes halogenated alkanes) is 4. The molecule has 0 aliphatic heterocycles. The van der Waals surface area contributed by atoms with Crippen molar-refractivity contribution in [1.29, 1.82) is 0 Å². The third-order valence-corrected chi connectivity index (χ3v) is 9.53. The molecule has 27 heavy (non-hydrogen) atoms. The van der Waals surface area contributed by atoms with Gasteiger partial charge in [0.15, 0.2) is 0 Å². The van der Waals surface area contributed by atoms with E-state index in [1.165, 1.54) is 14.9 Å². The van der Waals surface area contributed by atoms with E-state index in [0.29, 0.717) is 0 Å². The fourth-order valence-electron chi connectivity index (χ4n) is 3.37. The summed E-state index contributed by atoms with van der Waals surface area (Å²) in [6.07, 6.45) is 5.61. The Balaban J connectivity index is 1.21. The number of aromatic nitrogens is 2. The topological polar surface area (TPSA) is 44.0 Å². The second-order valence-electron chi connectivity index (χ2n) is 6.76. The SMILES string of the molecule is O=c1c2ccccc2[se]n1CCCCCCCn1[se]c2ccccc2c1=O. The number of fused-ring (bicyclic) bond motifs is 2. The number of rotatable bonds is 8. The molecule has 0 radical (unpaired) electrons. The van der Waals surface area contributed by atoms with Crippen LogP contribution in [0.2, 0.25) is 0 Å². The minimum atomic E-state index is 0.154. The Labute approximate surface area is 170 Å². The van der Waals surface area contributed by atoms with Crippen LogP contribution in [0.15, 0.2) is 58.1 Å². The number of aryl methyl sites for hydroxylation is 2. The van der Waals surface area contributed by atoms with E-state index in [0.717, 1.165) is 49.5 Å². The van der Waals surface area contributed by atoms with Crippen molar-refractivity contribution >= 4 is 48.8 Å².